The van der Waals surface area contributed by atoms with Crippen molar-refractivity contribution in [1.29, 1.82) is 5.41 Å². The lowest BCUT2D eigenvalue weighted by molar-refractivity contribution is -0.0686. The molecule has 4 rings (SSSR count). The molecule has 1 unspecified atom stereocenters. The lowest BCUT2D eigenvalue weighted by Crippen LogP contribution is -2.53. The molecule has 0 amide bonds. The molecule has 2 fully saturated rings. The Bertz CT molecular complexity index is 816. The van der Waals surface area contributed by atoms with Crippen LogP contribution in [0.3, 0.4) is 0 Å². The minimum Gasteiger partial charge on any atom is -0.474 e. The molecule has 2 aliphatic heterocycles. The van der Waals surface area contributed by atoms with Crippen LogP contribution in [-0.4, -0.2) is 81.0 Å². The number of fused-ring (bicyclic) bond motifs is 1. The van der Waals surface area contributed by atoms with E-state index in [-0.39, 0.29) is 12.1 Å². The Morgan fingerprint density at radius 2 is 1.64 bits per heavy atom. The zero-order valence-corrected chi connectivity index (χ0v) is 16.1. The quantitative estimate of drug-likeness (QED) is 0.580. The number of nitrogens with two attached hydrogens (primary N) is 1. The van der Waals surface area contributed by atoms with Gasteiger partial charge in [0.15, 0.2) is 6.23 Å². The predicted molar refractivity (Wildman–Crippen MR) is 109 cm³/mol. The van der Waals surface area contributed by atoms with Gasteiger partial charge in [-0.05, 0) is 29.0 Å². The summed E-state index contributed by atoms with van der Waals surface area (Å²) in [4.78, 5) is 4.76. The molecule has 3 N–H and O–H groups in total. The molecule has 0 aliphatic carbocycles. The van der Waals surface area contributed by atoms with Gasteiger partial charge >= 0.3 is 0 Å². The Kier molecular flexibility index (Phi) is 6.07. The topological polar surface area (TPSA) is 84.0 Å². The monoisotopic (exact) mass is 384 g/mol. The number of benzene rings is 2. The van der Waals surface area contributed by atoms with Crippen LogP contribution in [0.4, 0.5) is 0 Å². The highest BCUT2D eigenvalue weighted by Gasteiger charge is 2.26. The van der Waals surface area contributed by atoms with Crippen molar-refractivity contribution in [3.05, 3.63) is 42.0 Å². The maximum atomic E-state index is 7.67. The molecule has 7 nitrogen and oxygen atoms in total. The number of hydrogen-bond acceptors (Lipinski definition) is 6. The molecule has 0 bridgehead atoms. The lowest BCUT2D eigenvalue weighted by Gasteiger charge is -2.38. The molecule has 7 heteroatoms. The summed E-state index contributed by atoms with van der Waals surface area (Å²) < 4.78 is 17.5. The first-order valence-corrected chi connectivity index (χ1v) is 9.86. The third kappa shape index (κ3) is 4.62. The van der Waals surface area contributed by atoms with Crippen molar-refractivity contribution in [1.82, 2.24) is 9.80 Å². The zero-order chi connectivity index (χ0) is 19.3. The van der Waals surface area contributed by atoms with Crippen LogP contribution in [-0.2, 0) is 9.47 Å². The summed E-state index contributed by atoms with van der Waals surface area (Å²) in [6.07, 6.45) is -0.0320. The van der Waals surface area contributed by atoms with Crippen LogP contribution < -0.4 is 10.5 Å². The normalized spacial score (nSPS) is 20.1. The number of hydrogen-bond donors (Lipinski definition) is 2. The minimum atomic E-state index is -0.0320. The van der Waals surface area contributed by atoms with E-state index in [0.717, 1.165) is 81.2 Å². The Morgan fingerprint density at radius 1 is 0.964 bits per heavy atom. The summed E-state index contributed by atoms with van der Waals surface area (Å²) in [6, 6.07) is 11.9. The average molecular weight is 384 g/mol. The van der Waals surface area contributed by atoms with Crippen molar-refractivity contribution in [2.45, 2.75) is 6.23 Å². The average Bonchev–Trinajstić information content (AvgIpc) is 2.74. The molecule has 2 heterocycles. The molecule has 0 radical (unpaired) electrons. The van der Waals surface area contributed by atoms with Crippen molar-refractivity contribution in [3.8, 4) is 5.75 Å². The van der Waals surface area contributed by atoms with E-state index in [2.05, 4.69) is 15.9 Å². The molecule has 2 aliphatic rings. The van der Waals surface area contributed by atoms with Gasteiger partial charge in [-0.3, -0.25) is 15.2 Å². The van der Waals surface area contributed by atoms with Crippen LogP contribution >= 0.6 is 0 Å². The van der Waals surface area contributed by atoms with Crippen molar-refractivity contribution >= 4 is 16.6 Å². The Labute approximate surface area is 165 Å². The number of morpholine rings is 2. The maximum absolute atomic E-state index is 7.67. The largest absolute Gasteiger partial charge is 0.474 e. The maximum Gasteiger partial charge on any atom is 0.165 e. The number of amidine groups is 1. The molecule has 1 atom stereocenters. The molecule has 0 aromatic heterocycles. The van der Waals surface area contributed by atoms with Crippen molar-refractivity contribution in [2.75, 3.05) is 59.2 Å². The van der Waals surface area contributed by atoms with Crippen molar-refractivity contribution in [2.24, 2.45) is 5.73 Å². The smallest absolute Gasteiger partial charge is 0.165 e. The summed E-state index contributed by atoms with van der Waals surface area (Å²) in [7, 11) is 0. The van der Waals surface area contributed by atoms with Crippen molar-refractivity contribution in [3.63, 3.8) is 0 Å². The molecule has 0 saturated carbocycles. The van der Waals surface area contributed by atoms with Crippen LogP contribution in [0.5, 0.6) is 5.75 Å². The highest BCUT2D eigenvalue weighted by atomic mass is 16.5. The first-order valence-electron chi connectivity index (χ1n) is 9.86. The summed E-state index contributed by atoms with van der Waals surface area (Å²) >= 11 is 0. The molecule has 2 aromatic rings. The van der Waals surface area contributed by atoms with Gasteiger partial charge in [-0.25, -0.2) is 0 Å². The van der Waals surface area contributed by atoms with E-state index in [4.69, 9.17) is 25.4 Å². The molecule has 2 saturated heterocycles. The molecule has 2 aromatic carbocycles. The molecule has 28 heavy (non-hydrogen) atoms. The van der Waals surface area contributed by atoms with E-state index >= 15 is 0 Å². The first kappa shape index (κ1) is 19.1. The van der Waals surface area contributed by atoms with E-state index < -0.39 is 0 Å². The van der Waals surface area contributed by atoms with Crippen LogP contribution in [0.25, 0.3) is 10.8 Å². The van der Waals surface area contributed by atoms with Gasteiger partial charge in [0.25, 0.3) is 0 Å². The number of nitrogens with one attached hydrogen (secondary N) is 1. The summed E-state index contributed by atoms with van der Waals surface area (Å²) in [6.45, 7) is 7.49. The Balaban J connectivity index is 1.54. The summed E-state index contributed by atoms with van der Waals surface area (Å²) in [5, 5.41) is 9.80. The SMILES string of the molecule is N=C(N)c1ccc2ccc(OC(CN3CCOCC3)N3CCOCC3)cc2c1. The third-order valence-electron chi connectivity index (χ3n) is 5.37. The van der Waals surface area contributed by atoms with Crippen LogP contribution in [0.2, 0.25) is 0 Å². The fourth-order valence-corrected chi connectivity index (χ4v) is 3.72. The van der Waals surface area contributed by atoms with Gasteiger partial charge in [0.1, 0.15) is 11.6 Å². The van der Waals surface area contributed by atoms with E-state index in [9.17, 15) is 0 Å². The van der Waals surface area contributed by atoms with Gasteiger partial charge in [-0.15, -0.1) is 0 Å². The standard InChI is InChI=1S/C21H28N4O3/c22-21(23)17-2-1-16-3-4-19(14-18(16)13-17)28-20(25-7-11-27-12-8-25)15-24-5-9-26-10-6-24/h1-4,13-14,20H,5-12,15H2,(H3,22,23). The molecular weight excluding hydrogens is 356 g/mol. The zero-order valence-electron chi connectivity index (χ0n) is 16.1. The Morgan fingerprint density at radius 3 is 2.36 bits per heavy atom. The number of rotatable bonds is 6. The second-order valence-corrected chi connectivity index (χ2v) is 7.27. The summed E-state index contributed by atoms with van der Waals surface area (Å²) in [5.74, 6) is 0.907. The second-order valence-electron chi connectivity index (χ2n) is 7.27. The second kappa shape index (κ2) is 8.87. The van der Waals surface area contributed by atoms with E-state index in [1.165, 1.54) is 0 Å². The van der Waals surface area contributed by atoms with Crippen LogP contribution in [0.15, 0.2) is 36.4 Å². The summed E-state index contributed by atoms with van der Waals surface area (Å²) in [5.41, 5.74) is 6.37. The first-order chi connectivity index (χ1) is 13.7. The van der Waals surface area contributed by atoms with E-state index in [0.29, 0.717) is 0 Å². The van der Waals surface area contributed by atoms with Gasteiger partial charge in [0.2, 0.25) is 0 Å². The van der Waals surface area contributed by atoms with Gasteiger partial charge in [0, 0.05) is 38.3 Å². The molecule has 0 spiro atoms. The molecular formula is C21H28N4O3. The minimum absolute atomic E-state index is 0.0320. The number of nitrogen functional groups attached to an aromatic ring is 1. The molecule has 150 valence electrons. The Hall–Kier alpha value is -2.19. The fourth-order valence-electron chi connectivity index (χ4n) is 3.72. The van der Waals surface area contributed by atoms with E-state index in [1.807, 2.05) is 30.3 Å². The lowest BCUT2D eigenvalue weighted by atomic mass is 10.1. The highest BCUT2D eigenvalue weighted by Crippen LogP contribution is 2.24. The highest BCUT2D eigenvalue weighted by molar-refractivity contribution is 5.99. The van der Waals surface area contributed by atoms with Gasteiger partial charge in [-0.2, -0.15) is 0 Å². The van der Waals surface area contributed by atoms with Crippen LogP contribution in [0, 0.1) is 5.41 Å². The predicted octanol–water partition coefficient (Wildman–Crippen LogP) is 1.49. The number of nitrogens with zero attached hydrogens (tertiary/aromatic N) is 2. The fraction of sp³-hybridized carbons (Fsp3) is 0.476. The van der Waals surface area contributed by atoms with Crippen molar-refractivity contribution < 1.29 is 14.2 Å². The van der Waals surface area contributed by atoms with Gasteiger partial charge in [0.05, 0.1) is 26.4 Å². The third-order valence-corrected chi connectivity index (χ3v) is 5.37. The van der Waals surface area contributed by atoms with Crippen LogP contribution in [0.1, 0.15) is 5.56 Å². The number of ether oxygens (including phenoxy) is 3. The van der Waals surface area contributed by atoms with Gasteiger partial charge < -0.3 is 19.9 Å². The van der Waals surface area contributed by atoms with Gasteiger partial charge in [-0.1, -0.05) is 18.2 Å². The van der Waals surface area contributed by atoms with E-state index in [1.54, 1.807) is 0 Å².